The summed E-state index contributed by atoms with van der Waals surface area (Å²) >= 11 is 1.71. The number of aryl methyl sites for hydroxylation is 1. The molecule has 2 aromatic rings. The van der Waals surface area contributed by atoms with Gasteiger partial charge in [0.1, 0.15) is 0 Å². The number of anilines is 2. The van der Waals surface area contributed by atoms with Crippen molar-refractivity contribution in [2.45, 2.75) is 19.8 Å². The maximum absolute atomic E-state index is 12.5. The van der Waals surface area contributed by atoms with E-state index in [0.717, 1.165) is 36.7 Å². The van der Waals surface area contributed by atoms with Gasteiger partial charge in [0, 0.05) is 42.5 Å². The summed E-state index contributed by atoms with van der Waals surface area (Å²) in [6.07, 6.45) is 5.46. The van der Waals surface area contributed by atoms with Gasteiger partial charge in [-0.3, -0.25) is 9.78 Å². The molecule has 22 heavy (non-hydrogen) atoms. The van der Waals surface area contributed by atoms with Gasteiger partial charge in [0.2, 0.25) is 5.91 Å². The molecular formula is C17H19N3OS. The molecule has 1 amide bonds. The Morgan fingerprint density at radius 1 is 1.27 bits per heavy atom. The maximum Gasteiger partial charge on any atom is 0.228 e. The first-order chi connectivity index (χ1) is 10.7. The molecule has 0 radical (unpaired) electrons. The number of amides is 1. The number of carbonyl (C=O) groups excluding carboxylic acids is 1. The summed E-state index contributed by atoms with van der Waals surface area (Å²) in [6.45, 7) is 4.90. The lowest BCUT2D eigenvalue weighted by Gasteiger charge is -2.24. The van der Waals surface area contributed by atoms with Gasteiger partial charge in [0.15, 0.2) is 0 Å². The molecule has 0 N–H and O–H groups in total. The normalized spacial score (nSPS) is 24.7. The van der Waals surface area contributed by atoms with Gasteiger partial charge >= 0.3 is 0 Å². The minimum Gasteiger partial charge on any atom is -0.370 e. The van der Waals surface area contributed by atoms with Crippen molar-refractivity contribution < 1.29 is 4.79 Å². The Balaban J connectivity index is 1.53. The number of hydrogen-bond acceptors (Lipinski definition) is 4. The molecule has 0 saturated carbocycles. The third-order valence-corrected chi connectivity index (χ3v) is 5.79. The molecule has 114 valence electrons. The Hall–Kier alpha value is -1.88. The van der Waals surface area contributed by atoms with Crippen LogP contribution in [0.5, 0.6) is 0 Å². The number of nitrogens with zero attached hydrogens (tertiary/aromatic N) is 3. The van der Waals surface area contributed by atoms with Gasteiger partial charge in [-0.1, -0.05) is 0 Å². The molecule has 2 aliphatic rings. The van der Waals surface area contributed by atoms with Crippen molar-refractivity contribution in [2.24, 2.45) is 5.41 Å². The smallest absolute Gasteiger partial charge is 0.228 e. The first-order valence-corrected chi connectivity index (χ1v) is 8.49. The average molecular weight is 313 g/mol. The highest BCUT2D eigenvalue weighted by atomic mass is 32.1. The van der Waals surface area contributed by atoms with E-state index >= 15 is 0 Å². The van der Waals surface area contributed by atoms with Gasteiger partial charge in [0.25, 0.3) is 0 Å². The zero-order valence-corrected chi connectivity index (χ0v) is 13.5. The SMILES string of the molecule is Cc1ccc(N2CC3(CCN(c4cccnc4)C3)CC2=O)s1. The molecule has 1 atom stereocenters. The standard InChI is InChI=1S/C17H19N3OS/c1-13-4-5-16(22-13)20-12-17(9-15(20)21)6-8-19(11-17)14-3-2-7-18-10-14/h2-5,7,10H,6,8-9,11-12H2,1H3. The minimum absolute atomic E-state index is 0.102. The van der Waals surface area contributed by atoms with E-state index in [-0.39, 0.29) is 11.3 Å². The third-order valence-electron chi connectivity index (χ3n) is 4.76. The molecule has 1 spiro atoms. The highest BCUT2D eigenvalue weighted by Crippen LogP contribution is 2.44. The van der Waals surface area contributed by atoms with Gasteiger partial charge in [-0.2, -0.15) is 0 Å². The summed E-state index contributed by atoms with van der Waals surface area (Å²) in [5.41, 5.74) is 1.27. The van der Waals surface area contributed by atoms with E-state index in [2.05, 4.69) is 35.0 Å². The summed E-state index contributed by atoms with van der Waals surface area (Å²) in [7, 11) is 0. The largest absolute Gasteiger partial charge is 0.370 e. The number of aromatic nitrogens is 1. The van der Waals surface area contributed by atoms with E-state index < -0.39 is 0 Å². The lowest BCUT2D eigenvalue weighted by atomic mass is 9.86. The highest BCUT2D eigenvalue weighted by molar-refractivity contribution is 7.16. The van der Waals surface area contributed by atoms with E-state index in [9.17, 15) is 4.79 Å². The van der Waals surface area contributed by atoms with Crippen LogP contribution in [0.2, 0.25) is 0 Å². The lowest BCUT2D eigenvalue weighted by Crippen LogP contribution is -2.31. The molecule has 0 aromatic carbocycles. The molecule has 0 aliphatic carbocycles. The fraction of sp³-hybridized carbons (Fsp3) is 0.412. The Morgan fingerprint density at radius 3 is 2.91 bits per heavy atom. The molecule has 4 rings (SSSR count). The topological polar surface area (TPSA) is 36.4 Å². The second-order valence-electron chi connectivity index (χ2n) is 6.42. The van der Waals surface area contributed by atoms with Crippen LogP contribution in [0.1, 0.15) is 17.7 Å². The number of thiophene rings is 1. The molecule has 4 heterocycles. The number of carbonyl (C=O) groups is 1. The molecule has 4 nitrogen and oxygen atoms in total. The van der Waals surface area contributed by atoms with E-state index in [4.69, 9.17) is 0 Å². The van der Waals surface area contributed by atoms with Crippen molar-refractivity contribution in [3.63, 3.8) is 0 Å². The minimum atomic E-state index is 0.102. The Morgan fingerprint density at radius 2 is 2.18 bits per heavy atom. The molecule has 2 fully saturated rings. The van der Waals surface area contributed by atoms with Crippen LogP contribution < -0.4 is 9.80 Å². The molecule has 2 aliphatic heterocycles. The van der Waals surface area contributed by atoms with Crippen LogP contribution in [0.3, 0.4) is 0 Å². The number of rotatable bonds is 2. The van der Waals surface area contributed by atoms with Crippen LogP contribution in [-0.4, -0.2) is 30.5 Å². The van der Waals surface area contributed by atoms with Gasteiger partial charge in [0.05, 0.1) is 16.9 Å². The second-order valence-corrected chi connectivity index (χ2v) is 7.69. The second kappa shape index (κ2) is 5.09. The van der Waals surface area contributed by atoms with Gasteiger partial charge in [-0.05, 0) is 37.6 Å². The molecule has 2 saturated heterocycles. The average Bonchev–Trinajstić information content (AvgIpc) is 3.20. The zero-order chi connectivity index (χ0) is 15.2. The monoisotopic (exact) mass is 313 g/mol. The van der Waals surface area contributed by atoms with Crippen LogP contribution in [-0.2, 0) is 4.79 Å². The van der Waals surface area contributed by atoms with Crippen LogP contribution in [0.4, 0.5) is 10.7 Å². The van der Waals surface area contributed by atoms with Crippen molar-refractivity contribution in [2.75, 3.05) is 29.4 Å². The van der Waals surface area contributed by atoms with E-state index in [0.29, 0.717) is 6.42 Å². The van der Waals surface area contributed by atoms with Crippen molar-refractivity contribution in [1.29, 1.82) is 0 Å². The first kappa shape index (κ1) is 13.8. The number of pyridine rings is 1. The van der Waals surface area contributed by atoms with E-state index in [1.807, 2.05) is 17.2 Å². The highest BCUT2D eigenvalue weighted by Gasteiger charge is 2.48. The van der Waals surface area contributed by atoms with Crippen molar-refractivity contribution in [3.8, 4) is 0 Å². The maximum atomic E-state index is 12.5. The quantitative estimate of drug-likeness (QED) is 0.855. The fourth-order valence-corrected chi connectivity index (χ4v) is 4.51. The predicted octanol–water partition coefficient (Wildman–Crippen LogP) is 3.08. The summed E-state index contributed by atoms with van der Waals surface area (Å²) in [6, 6.07) is 8.24. The predicted molar refractivity (Wildman–Crippen MR) is 89.5 cm³/mol. The first-order valence-electron chi connectivity index (χ1n) is 7.67. The summed E-state index contributed by atoms with van der Waals surface area (Å²) in [5.74, 6) is 0.273. The third kappa shape index (κ3) is 2.29. The lowest BCUT2D eigenvalue weighted by molar-refractivity contribution is -0.117. The van der Waals surface area contributed by atoms with Crippen molar-refractivity contribution >= 4 is 27.9 Å². The van der Waals surface area contributed by atoms with E-state index in [1.54, 1.807) is 17.5 Å². The van der Waals surface area contributed by atoms with Crippen LogP contribution in [0.25, 0.3) is 0 Å². The molecule has 5 heteroatoms. The summed E-state index contributed by atoms with van der Waals surface area (Å²) < 4.78 is 0. The molecule has 2 aromatic heterocycles. The number of hydrogen-bond donors (Lipinski definition) is 0. The Kier molecular flexibility index (Phi) is 3.18. The van der Waals surface area contributed by atoms with Crippen LogP contribution in [0, 0.1) is 12.3 Å². The van der Waals surface area contributed by atoms with Gasteiger partial charge in [-0.25, -0.2) is 0 Å². The summed E-state index contributed by atoms with van der Waals surface area (Å²) in [5, 5.41) is 1.10. The molecule has 1 unspecified atom stereocenters. The Bertz CT molecular complexity index is 699. The van der Waals surface area contributed by atoms with E-state index in [1.165, 1.54) is 4.88 Å². The van der Waals surface area contributed by atoms with Crippen LogP contribution >= 0.6 is 11.3 Å². The summed E-state index contributed by atoms with van der Waals surface area (Å²) in [4.78, 5) is 22.3. The Labute approximate surface area is 134 Å². The molecular weight excluding hydrogens is 294 g/mol. The van der Waals surface area contributed by atoms with Gasteiger partial charge in [-0.15, -0.1) is 11.3 Å². The van der Waals surface area contributed by atoms with Crippen LogP contribution in [0.15, 0.2) is 36.7 Å². The zero-order valence-electron chi connectivity index (χ0n) is 12.7. The van der Waals surface area contributed by atoms with Crippen molar-refractivity contribution in [1.82, 2.24) is 4.98 Å². The van der Waals surface area contributed by atoms with Crippen molar-refractivity contribution in [3.05, 3.63) is 41.5 Å². The van der Waals surface area contributed by atoms with Gasteiger partial charge < -0.3 is 9.80 Å². The fourth-order valence-electron chi connectivity index (χ4n) is 3.63. The molecule has 0 bridgehead atoms.